The van der Waals surface area contributed by atoms with Crippen LogP contribution in [0.1, 0.15) is 0 Å². The van der Waals surface area contributed by atoms with E-state index in [-0.39, 0.29) is 0 Å². The zero-order valence-electron chi connectivity index (χ0n) is 10.2. The molecule has 0 unspecified atom stereocenters. The first-order chi connectivity index (χ1) is 8.67. The topological polar surface area (TPSA) is 24.7 Å². The van der Waals surface area contributed by atoms with Gasteiger partial charge in [-0.25, -0.2) is 0 Å². The van der Waals surface area contributed by atoms with Gasteiger partial charge in [-0.3, -0.25) is 9.98 Å². The lowest BCUT2D eigenvalue weighted by Crippen LogP contribution is -2.23. The summed E-state index contributed by atoms with van der Waals surface area (Å²) in [5.41, 5.74) is 3.74. The molecule has 0 radical (unpaired) electrons. The van der Waals surface area contributed by atoms with E-state index in [9.17, 15) is 0 Å². The third-order valence-corrected chi connectivity index (χ3v) is 2.94. The monoisotopic (exact) mass is 234 g/mol. The van der Waals surface area contributed by atoms with Crippen molar-refractivity contribution in [3.8, 4) is 11.1 Å². The fraction of sp³-hybridized carbons (Fsp3) is 0. The molecule has 0 spiro atoms. The fourth-order valence-corrected chi connectivity index (χ4v) is 1.85. The summed E-state index contributed by atoms with van der Waals surface area (Å²) in [7, 11) is 0. The molecule has 0 saturated carbocycles. The third kappa shape index (κ3) is 2.00. The van der Waals surface area contributed by atoms with Gasteiger partial charge in [-0.1, -0.05) is 31.4 Å². The highest BCUT2D eigenvalue weighted by molar-refractivity contribution is 5.69. The second-order valence-electron chi connectivity index (χ2n) is 3.95. The number of rotatable bonds is 3. The molecular weight excluding hydrogens is 220 g/mol. The smallest absolute Gasteiger partial charge is 0.0694 e. The van der Waals surface area contributed by atoms with Crippen molar-refractivity contribution in [2.24, 2.45) is 9.98 Å². The molecule has 0 aliphatic heterocycles. The van der Waals surface area contributed by atoms with Crippen molar-refractivity contribution in [1.82, 2.24) is 0 Å². The van der Waals surface area contributed by atoms with Crippen molar-refractivity contribution >= 4 is 38.0 Å². The first-order valence-electron chi connectivity index (χ1n) is 5.52. The molecule has 0 amide bonds. The number of benzene rings is 2. The van der Waals surface area contributed by atoms with Gasteiger partial charge >= 0.3 is 0 Å². The molecule has 2 aromatic carbocycles. The van der Waals surface area contributed by atoms with Crippen LogP contribution in [0.4, 0.5) is 11.4 Å². The minimum absolute atomic E-state index is 0.771. The van der Waals surface area contributed by atoms with Crippen LogP contribution in [0.2, 0.25) is 0 Å². The molecule has 0 aliphatic carbocycles. The molecular formula is C16H14N2. The lowest BCUT2D eigenvalue weighted by Gasteiger charge is -2.05. The normalized spacial score (nSPS) is 10.0. The van der Waals surface area contributed by atoms with E-state index < -0.39 is 0 Å². The maximum Gasteiger partial charge on any atom is 0.0694 e. The summed E-state index contributed by atoms with van der Waals surface area (Å²) in [5, 5.41) is 1.69. The lowest BCUT2D eigenvalue weighted by molar-refractivity contribution is 1.45. The van der Waals surface area contributed by atoms with Crippen LogP contribution in [0, 0.1) is 0 Å². The zero-order valence-corrected chi connectivity index (χ0v) is 10.2. The lowest BCUT2D eigenvalue weighted by atomic mass is 10.0. The van der Waals surface area contributed by atoms with Crippen molar-refractivity contribution in [2.45, 2.75) is 0 Å². The Labute approximate surface area is 106 Å². The second-order valence-corrected chi connectivity index (χ2v) is 3.95. The number of hydrogen-bond donors (Lipinski definition) is 0. The quantitative estimate of drug-likeness (QED) is 0.730. The SMILES string of the molecule is C=Nc1ccc(-c2ccc(N=C)c(=C)c2=C)cc1. The molecule has 2 nitrogen and oxygen atoms in total. The summed E-state index contributed by atoms with van der Waals surface area (Å²) < 4.78 is 0. The summed E-state index contributed by atoms with van der Waals surface area (Å²) in [6.45, 7) is 15.1. The molecule has 2 aromatic rings. The maximum atomic E-state index is 4.06. The Morgan fingerprint density at radius 2 is 1.39 bits per heavy atom. The summed E-state index contributed by atoms with van der Waals surface area (Å²) >= 11 is 0. The Bertz CT molecular complexity index is 697. The van der Waals surface area contributed by atoms with Gasteiger partial charge in [0.2, 0.25) is 0 Å². The van der Waals surface area contributed by atoms with Crippen LogP contribution < -0.4 is 10.4 Å². The van der Waals surface area contributed by atoms with E-state index in [0.717, 1.165) is 32.9 Å². The van der Waals surface area contributed by atoms with E-state index >= 15 is 0 Å². The van der Waals surface area contributed by atoms with Crippen LogP contribution in [0.3, 0.4) is 0 Å². The maximum absolute atomic E-state index is 4.06. The minimum atomic E-state index is 0.771. The van der Waals surface area contributed by atoms with E-state index in [1.54, 1.807) is 0 Å². The van der Waals surface area contributed by atoms with Gasteiger partial charge in [0, 0.05) is 5.22 Å². The Morgan fingerprint density at radius 1 is 0.722 bits per heavy atom. The van der Waals surface area contributed by atoms with E-state index in [0.29, 0.717) is 0 Å². The third-order valence-electron chi connectivity index (χ3n) is 2.94. The zero-order chi connectivity index (χ0) is 13.1. The first kappa shape index (κ1) is 12.0. The minimum Gasteiger partial charge on any atom is -0.265 e. The summed E-state index contributed by atoms with van der Waals surface area (Å²) in [4.78, 5) is 7.79. The summed E-state index contributed by atoms with van der Waals surface area (Å²) in [6, 6.07) is 11.7. The van der Waals surface area contributed by atoms with Gasteiger partial charge in [-0.05, 0) is 48.0 Å². The van der Waals surface area contributed by atoms with Crippen LogP contribution in [0.25, 0.3) is 24.3 Å². The number of nitrogens with zero attached hydrogens (tertiary/aromatic N) is 2. The second kappa shape index (κ2) is 4.80. The van der Waals surface area contributed by atoms with Crippen molar-refractivity contribution in [3.05, 3.63) is 46.8 Å². The van der Waals surface area contributed by atoms with E-state index in [1.165, 1.54) is 0 Å². The molecule has 0 fully saturated rings. The van der Waals surface area contributed by atoms with Crippen LogP contribution in [0.15, 0.2) is 46.4 Å². The van der Waals surface area contributed by atoms with Gasteiger partial charge in [0.05, 0.1) is 11.4 Å². The number of aliphatic imine (C=N–C) groups is 2. The van der Waals surface area contributed by atoms with Crippen molar-refractivity contribution in [2.75, 3.05) is 0 Å². The van der Waals surface area contributed by atoms with Gasteiger partial charge in [0.25, 0.3) is 0 Å². The van der Waals surface area contributed by atoms with Crippen molar-refractivity contribution in [3.63, 3.8) is 0 Å². The van der Waals surface area contributed by atoms with Gasteiger partial charge in [0.1, 0.15) is 0 Å². The Hall–Kier alpha value is -2.48. The predicted octanol–water partition coefficient (Wildman–Crippen LogP) is 2.84. The molecule has 88 valence electrons. The standard InChI is InChI=1S/C16H14N2/c1-11-12(2)16(18-4)10-9-15(11)13-5-7-14(17-3)8-6-13/h5-10H,1-4H2. The molecule has 2 heteroatoms. The molecule has 0 heterocycles. The Morgan fingerprint density at radius 3 is 1.94 bits per heavy atom. The van der Waals surface area contributed by atoms with E-state index in [1.807, 2.05) is 36.4 Å². The average molecular weight is 234 g/mol. The van der Waals surface area contributed by atoms with Crippen LogP contribution in [0.5, 0.6) is 0 Å². The van der Waals surface area contributed by atoms with Crippen LogP contribution >= 0.6 is 0 Å². The van der Waals surface area contributed by atoms with Crippen LogP contribution in [-0.2, 0) is 0 Å². The molecule has 0 aliphatic rings. The largest absolute Gasteiger partial charge is 0.265 e. The van der Waals surface area contributed by atoms with Gasteiger partial charge in [-0.2, -0.15) is 0 Å². The van der Waals surface area contributed by atoms with Crippen molar-refractivity contribution in [1.29, 1.82) is 0 Å². The van der Waals surface area contributed by atoms with Gasteiger partial charge in [0.15, 0.2) is 0 Å². The van der Waals surface area contributed by atoms with Crippen LogP contribution in [-0.4, -0.2) is 13.4 Å². The highest BCUT2D eigenvalue weighted by atomic mass is 14.7. The average Bonchev–Trinajstić information content (AvgIpc) is 2.42. The molecule has 0 aromatic heterocycles. The molecule has 2 rings (SSSR count). The molecule has 18 heavy (non-hydrogen) atoms. The fourth-order valence-electron chi connectivity index (χ4n) is 1.85. The predicted molar refractivity (Wildman–Crippen MR) is 80.6 cm³/mol. The van der Waals surface area contributed by atoms with Gasteiger partial charge in [-0.15, -0.1) is 0 Å². The molecule has 0 N–H and O–H groups in total. The van der Waals surface area contributed by atoms with E-state index in [2.05, 4.69) is 36.6 Å². The Kier molecular flexibility index (Phi) is 3.20. The molecule has 0 saturated heterocycles. The highest BCUT2D eigenvalue weighted by Crippen LogP contribution is 2.20. The summed E-state index contributed by atoms with van der Waals surface area (Å²) in [6.07, 6.45) is 0. The summed E-state index contributed by atoms with van der Waals surface area (Å²) in [5.74, 6) is 0. The molecule has 0 bridgehead atoms. The number of hydrogen-bond acceptors (Lipinski definition) is 2. The van der Waals surface area contributed by atoms with Crippen molar-refractivity contribution < 1.29 is 0 Å². The van der Waals surface area contributed by atoms with E-state index in [4.69, 9.17) is 0 Å². The highest BCUT2D eigenvalue weighted by Gasteiger charge is 2.01. The molecule has 0 atom stereocenters. The first-order valence-corrected chi connectivity index (χ1v) is 5.52. The van der Waals surface area contributed by atoms with Gasteiger partial charge < -0.3 is 0 Å². The Balaban J connectivity index is 2.61.